The summed E-state index contributed by atoms with van der Waals surface area (Å²) in [4.78, 5) is 0. The highest BCUT2D eigenvalue weighted by atomic mass is 14.7. The van der Waals surface area contributed by atoms with E-state index in [9.17, 15) is 0 Å². The van der Waals surface area contributed by atoms with Gasteiger partial charge in [0, 0.05) is 0 Å². The van der Waals surface area contributed by atoms with E-state index in [1.807, 2.05) is 6.92 Å². The Morgan fingerprint density at radius 3 is 2.07 bits per heavy atom. The van der Waals surface area contributed by atoms with Gasteiger partial charge in [-0.1, -0.05) is 54.0 Å². The minimum absolute atomic E-state index is 0.543. The van der Waals surface area contributed by atoms with Gasteiger partial charge in [0.15, 0.2) is 0 Å². The fourth-order valence-corrected chi connectivity index (χ4v) is 10.7. The lowest BCUT2D eigenvalue weighted by Gasteiger charge is -2.69. The topological polar surface area (TPSA) is 0 Å². The number of hydrogen-bond donors (Lipinski definition) is 0. The second kappa shape index (κ2) is 7.66. The summed E-state index contributed by atoms with van der Waals surface area (Å²) in [6.07, 6.45) is 18.7. The van der Waals surface area contributed by atoms with E-state index in [-0.39, 0.29) is 0 Å². The highest BCUT2D eigenvalue weighted by Crippen LogP contribution is 2.73. The van der Waals surface area contributed by atoms with Gasteiger partial charge in [0.2, 0.25) is 0 Å². The number of fused-ring (bicyclic) bond motifs is 7. The third kappa shape index (κ3) is 3.12. The maximum absolute atomic E-state index is 3.36. The van der Waals surface area contributed by atoms with Gasteiger partial charge in [-0.05, 0) is 128 Å². The van der Waals surface area contributed by atoms with Crippen LogP contribution in [0.25, 0.3) is 0 Å². The largest absolute Gasteiger partial charge is 0.103 e. The van der Waals surface area contributed by atoms with Gasteiger partial charge in [-0.15, -0.1) is 6.58 Å². The molecule has 0 aromatic rings. The average molecular weight is 413 g/mol. The first-order valence-electron chi connectivity index (χ1n) is 13.6. The van der Waals surface area contributed by atoms with Crippen molar-refractivity contribution in [2.24, 2.45) is 57.2 Å². The molecule has 5 fully saturated rings. The van der Waals surface area contributed by atoms with Crippen molar-refractivity contribution in [3.05, 3.63) is 12.7 Å². The predicted molar refractivity (Wildman–Crippen MR) is 131 cm³/mol. The van der Waals surface area contributed by atoms with Crippen LogP contribution in [-0.4, -0.2) is 0 Å². The molecule has 30 heavy (non-hydrogen) atoms. The number of hydrogen-bond acceptors (Lipinski definition) is 0. The molecular weight excluding hydrogens is 360 g/mol. The molecule has 0 aromatic carbocycles. The van der Waals surface area contributed by atoms with Crippen LogP contribution in [0.2, 0.25) is 0 Å². The summed E-state index contributed by atoms with van der Waals surface area (Å²) in [5.41, 5.74) is 2.52. The highest BCUT2D eigenvalue weighted by molar-refractivity contribution is 5.14. The second-order valence-corrected chi connectivity index (χ2v) is 13.9. The number of rotatable bonds is 0. The lowest BCUT2D eigenvalue weighted by Crippen LogP contribution is -2.62. The van der Waals surface area contributed by atoms with Crippen molar-refractivity contribution in [1.29, 1.82) is 0 Å². The minimum Gasteiger partial charge on any atom is -0.103 e. The van der Waals surface area contributed by atoms with E-state index in [0.717, 1.165) is 35.5 Å². The van der Waals surface area contributed by atoms with Crippen LogP contribution in [-0.2, 0) is 0 Å². The molecule has 0 amide bonds. The monoisotopic (exact) mass is 412 g/mol. The van der Waals surface area contributed by atoms with E-state index in [0.29, 0.717) is 21.7 Å². The molecule has 0 radical (unpaired) electrons. The van der Waals surface area contributed by atoms with Crippen molar-refractivity contribution in [2.75, 3.05) is 0 Å². The molecule has 0 N–H and O–H groups in total. The fraction of sp³-hybridized carbons (Fsp3) is 0.933. The predicted octanol–water partition coefficient (Wildman–Crippen LogP) is 9.30. The first kappa shape index (κ1) is 22.9. The van der Waals surface area contributed by atoms with Crippen LogP contribution in [0, 0.1) is 57.2 Å². The van der Waals surface area contributed by atoms with E-state index < -0.39 is 0 Å². The lowest BCUT2D eigenvalue weighted by atomic mass is 9.36. The molecular formula is C30H52. The molecule has 5 rings (SSSR count). The quantitative estimate of drug-likeness (QED) is 0.348. The highest BCUT2D eigenvalue weighted by Gasteiger charge is 2.65. The van der Waals surface area contributed by atoms with E-state index in [4.69, 9.17) is 0 Å². The summed E-state index contributed by atoms with van der Waals surface area (Å²) in [5.74, 6) is 6.06. The Morgan fingerprint density at radius 2 is 1.37 bits per heavy atom. The van der Waals surface area contributed by atoms with E-state index in [1.165, 1.54) is 32.1 Å². The van der Waals surface area contributed by atoms with Crippen molar-refractivity contribution in [3.63, 3.8) is 0 Å². The zero-order chi connectivity index (χ0) is 21.9. The van der Waals surface area contributed by atoms with Gasteiger partial charge in [-0.2, -0.15) is 0 Å². The summed E-state index contributed by atoms with van der Waals surface area (Å²) in [7, 11) is 0. The van der Waals surface area contributed by atoms with E-state index in [2.05, 4.69) is 48.1 Å². The molecule has 0 heteroatoms. The van der Waals surface area contributed by atoms with Crippen LogP contribution in [0.1, 0.15) is 119 Å². The van der Waals surface area contributed by atoms with Crippen LogP contribution < -0.4 is 0 Å². The van der Waals surface area contributed by atoms with Crippen LogP contribution >= 0.6 is 0 Å². The Bertz CT molecular complexity index is 644. The van der Waals surface area contributed by atoms with Gasteiger partial charge < -0.3 is 0 Å². The van der Waals surface area contributed by atoms with E-state index in [1.54, 1.807) is 44.6 Å². The second-order valence-electron chi connectivity index (χ2n) is 13.9. The van der Waals surface area contributed by atoms with Gasteiger partial charge >= 0.3 is 0 Å². The Morgan fingerprint density at radius 1 is 0.700 bits per heavy atom. The molecule has 0 aliphatic heterocycles. The molecule has 9 unspecified atom stereocenters. The van der Waals surface area contributed by atoms with Crippen LogP contribution in [0.3, 0.4) is 0 Å². The SMILES string of the molecule is C=CC.CC1CCC2(C)C(CCC3(C)C4CCC5(C)CCCC5C4CCC32)C1(C)C. The first-order valence-corrected chi connectivity index (χ1v) is 13.6. The molecule has 0 saturated heterocycles. The molecule has 5 saturated carbocycles. The van der Waals surface area contributed by atoms with E-state index >= 15 is 0 Å². The van der Waals surface area contributed by atoms with Gasteiger partial charge in [-0.3, -0.25) is 0 Å². The maximum atomic E-state index is 3.36. The van der Waals surface area contributed by atoms with Crippen molar-refractivity contribution in [2.45, 2.75) is 119 Å². The van der Waals surface area contributed by atoms with Crippen molar-refractivity contribution in [1.82, 2.24) is 0 Å². The van der Waals surface area contributed by atoms with Gasteiger partial charge in [0.05, 0.1) is 0 Å². The summed E-state index contributed by atoms with van der Waals surface area (Å²) >= 11 is 0. The zero-order valence-corrected chi connectivity index (χ0v) is 21.5. The van der Waals surface area contributed by atoms with Crippen molar-refractivity contribution >= 4 is 0 Å². The molecule has 0 nitrogen and oxygen atoms in total. The van der Waals surface area contributed by atoms with Gasteiger partial charge in [0.25, 0.3) is 0 Å². The first-order chi connectivity index (χ1) is 14.0. The Hall–Kier alpha value is -0.260. The normalized spacial score (nSPS) is 53.8. The Kier molecular flexibility index (Phi) is 5.85. The third-order valence-electron chi connectivity index (χ3n) is 12.5. The molecule has 0 spiro atoms. The zero-order valence-electron chi connectivity index (χ0n) is 21.5. The Balaban J connectivity index is 0.000000687. The fourth-order valence-electron chi connectivity index (χ4n) is 10.7. The molecule has 9 atom stereocenters. The van der Waals surface area contributed by atoms with Crippen molar-refractivity contribution < 1.29 is 0 Å². The van der Waals surface area contributed by atoms with Crippen molar-refractivity contribution in [3.8, 4) is 0 Å². The van der Waals surface area contributed by atoms with Crippen LogP contribution in [0.15, 0.2) is 12.7 Å². The van der Waals surface area contributed by atoms with Gasteiger partial charge in [0.1, 0.15) is 0 Å². The molecule has 0 heterocycles. The lowest BCUT2D eigenvalue weighted by molar-refractivity contribution is -0.203. The summed E-state index contributed by atoms with van der Waals surface area (Å²) in [6, 6.07) is 0. The third-order valence-corrected chi connectivity index (χ3v) is 12.5. The standard InChI is InChI=1S/C27H46.C3H6/c1-18-11-16-27(6)22(24(18,2)3)13-17-26(5)21-12-15-25(4)14-7-8-20(25)19(21)9-10-23(26)27;1-3-2/h18-23H,7-17H2,1-6H3;3H,1H2,2H3. The number of allylic oxidation sites excluding steroid dienone is 1. The maximum Gasteiger partial charge on any atom is -0.0259 e. The minimum atomic E-state index is 0.543. The molecule has 5 aliphatic carbocycles. The van der Waals surface area contributed by atoms with Gasteiger partial charge in [-0.25, -0.2) is 0 Å². The molecule has 5 aliphatic rings. The Labute approximate surface area is 189 Å². The van der Waals surface area contributed by atoms with Crippen LogP contribution in [0.4, 0.5) is 0 Å². The van der Waals surface area contributed by atoms with Crippen LogP contribution in [0.5, 0.6) is 0 Å². The summed E-state index contributed by atoms with van der Waals surface area (Å²) < 4.78 is 0. The summed E-state index contributed by atoms with van der Waals surface area (Å²) in [6.45, 7) is 21.3. The molecule has 0 aromatic heterocycles. The molecule has 172 valence electrons. The summed E-state index contributed by atoms with van der Waals surface area (Å²) in [5, 5.41) is 0. The smallest absolute Gasteiger partial charge is 0.0259 e. The molecule has 0 bridgehead atoms. The average Bonchev–Trinajstić information content (AvgIpc) is 3.07.